The minimum absolute atomic E-state index is 0.0377. The molecule has 7 heteroatoms. The number of primary sulfonamides is 1. The van der Waals surface area contributed by atoms with Crippen molar-refractivity contribution in [2.75, 3.05) is 13.6 Å². The summed E-state index contributed by atoms with van der Waals surface area (Å²) in [6.45, 7) is 4.25. The van der Waals surface area contributed by atoms with Crippen molar-refractivity contribution in [1.82, 2.24) is 4.90 Å². The zero-order valence-electron chi connectivity index (χ0n) is 10.1. The summed E-state index contributed by atoms with van der Waals surface area (Å²) in [5, 5.41) is 5.06. The van der Waals surface area contributed by atoms with Gasteiger partial charge in [-0.3, -0.25) is 4.79 Å². The van der Waals surface area contributed by atoms with Gasteiger partial charge in [-0.15, -0.1) is 11.3 Å². The highest BCUT2D eigenvalue weighted by atomic mass is 32.2. The van der Waals surface area contributed by atoms with Gasteiger partial charge in [-0.05, 0) is 19.4 Å². The Balaban J connectivity index is 3.06. The van der Waals surface area contributed by atoms with Crippen molar-refractivity contribution in [1.29, 1.82) is 0 Å². The van der Waals surface area contributed by atoms with E-state index in [1.165, 1.54) is 6.07 Å². The number of nitrogens with two attached hydrogens (primary N) is 1. The number of aryl methyl sites for hydroxylation is 1. The molecular formula is C10H16N2O3S2. The maximum absolute atomic E-state index is 11.9. The molecule has 17 heavy (non-hydrogen) atoms. The van der Waals surface area contributed by atoms with Crippen LogP contribution in [0.4, 0.5) is 0 Å². The van der Waals surface area contributed by atoms with Gasteiger partial charge in [-0.1, -0.05) is 6.92 Å². The Morgan fingerprint density at radius 3 is 2.53 bits per heavy atom. The molecule has 1 amide bonds. The zero-order chi connectivity index (χ0) is 13.2. The predicted molar refractivity (Wildman–Crippen MR) is 67.7 cm³/mol. The van der Waals surface area contributed by atoms with Crippen LogP contribution in [0, 0.1) is 6.92 Å². The van der Waals surface area contributed by atoms with Crippen LogP contribution in [-0.4, -0.2) is 32.8 Å². The molecule has 1 aromatic heterocycles. The van der Waals surface area contributed by atoms with E-state index in [1.54, 1.807) is 18.9 Å². The summed E-state index contributed by atoms with van der Waals surface area (Å²) in [5.74, 6) is -0.171. The lowest BCUT2D eigenvalue weighted by atomic mass is 10.3. The topological polar surface area (TPSA) is 80.5 Å². The Morgan fingerprint density at radius 2 is 2.12 bits per heavy atom. The molecule has 0 aliphatic heterocycles. The van der Waals surface area contributed by atoms with E-state index in [2.05, 4.69) is 0 Å². The van der Waals surface area contributed by atoms with E-state index < -0.39 is 10.0 Å². The lowest BCUT2D eigenvalue weighted by molar-refractivity contribution is 0.0799. The van der Waals surface area contributed by atoms with Gasteiger partial charge in [-0.25, -0.2) is 13.6 Å². The molecule has 0 aromatic carbocycles. The molecule has 0 saturated heterocycles. The van der Waals surface area contributed by atoms with Gasteiger partial charge in [0, 0.05) is 18.5 Å². The first-order valence-electron chi connectivity index (χ1n) is 5.16. The molecule has 1 heterocycles. The Morgan fingerprint density at radius 1 is 1.53 bits per heavy atom. The Kier molecular flexibility index (Phi) is 4.29. The zero-order valence-corrected chi connectivity index (χ0v) is 11.7. The number of sulfonamides is 1. The number of amides is 1. The average Bonchev–Trinajstić information content (AvgIpc) is 2.59. The molecule has 0 aliphatic rings. The highest BCUT2D eigenvalue weighted by molar-refractivity contribution is 7.89. The number of carbonyl (C=O) groups is 1. The number of nitrogens with zero attached hydrogens (tertiary/aromatic N) is 1. The van der Waals surface area contributed by atoms with Crippen molar-refractivity contribution in [2.24, 2.45) is 5.14 Å². The third-order valence-electron chi connectivity index (χ3n) is 2.30. The fourth-order valence-corrected chi connectivity index (χ4v) is 3.62. The second-order valence-electron chi connectivity index (χ2n) is 3.80. The first-order chi connectivity index (χ1) is 7.77. The summed E-state index contributed by atoms with van der Waals surface area (Å²) in [6, 6.07) is 1.35. The van der Waals surface area contributed by atoms with Crippen molar-refractivity contribution in [2.45, 2.75) is 25.2 Å². The van der Waals surface area contributed by atoms with Crippen molar-refractivity contribution >= 4 is 27.3 Å². The summed E-state index contributed by atoms with van der Waals surface area (Å²) in [7, 11) is -2.05. The van der Waals surface area contributed by atoms with Gasteiger partial charge in [0.15, 0.2) is 0 Å². The van der Waals surface area contributed by atoms with Gasteiger partial charge in [-0.2, -0.15) is 0 Å². The van der Waals surface area contributed by atoms with E-state index in [-0.39, 0.29) is 10.8 Å². The van der Waals surface area contributed by atoms with Gasteiger partial charge >= 0.3 is 0 Å². The minimum atomic E-state index is -3.74. The number of hydrogen-bond donors (Lipinski definition) is 1. The van der Waals surface area contributed by atoms with Crippen LogP contribution in [0.2, 0.25) is 0 Å². The highest BCUT2D eigenvalue weighted by Crippen LogP contribution is 2.25. The van der Waals surface area contributed by atoms with Crippen LogP contribution in [0.5, 0.6) is 0 Å². The molecule has 5 nitrogen and oxygen atoms in total. The van der Waals surface area contributed by atoms with Gasteiger partial charge in [0.25, 0.3) is 5.91 Å². The number of hydrogen-bond acceptors (Lipinski definition) is 4. The smallest absolute Gasteiger partial charge is 0.263 e. The molecule has 0 atom stereocenters. The summed E-state index contributed by atoms with van der Waals surface area (Å²) in [4.78, 5) is 14.5. The largest absolute Gasteiger partial charge is 0.341 e. The minimum Gasteiger partial charge on any atom is -0.341 e. The molecule has 1 rings (SSSR count). The van der Waals surface area contributed by atoms with Crippen LogP contribution in [-0.2, 0) is 10.0 Å². The standard InChI is InChI=1S/C10H16N2O3S2/c1-4-5-12(3)10(13)8-6-9(7(2)16-8)17(11,14)15/h6H,4-5H2,1-3H3,(H2,11,14,15). The van der Waals surface area contributed by atoms with Crippen molar-refractivity contribution < 1.29 is 13.2 Å². The summed E-state index contributed by atoms with van der Waals surface area (Å²) < 4.78 is 22.5. The highest BCUT2D eigenvalue weighted by Gasteiger charge is 2.20. The Hall–Kier alpha value is -0.920. The van der Waals surface area contributed by atoms with Crippen LogP contribution in [0.15, 0.2) is 11.0 Å². The van der Waals surface area contributed by atoms with Crippen molar-refractivity contribution in [3.8, 4) is 0 Å². The number of carbonyl (C=O) groups excluding carboxylic acids is 1. The van der Waals surface area contributed by atoms with Crippen LogP contribution < -0.4 is 5.14 Å². The Bertz CT molecular complexity index is 520. The molecule has 0 saturated carbocycles. The fourth-order valence-electron chi connectivity index (χ4n) is 1.48. The molecule has 0 unspecified atom stereocenters. The van der Waals surface area contributed by atoms with Gasteiger partial charge in [0.05, 0.1) is 9.77 Å². The van der Waals surface area contributed by atoms with E-state index in [4.69, 9.17) is 5.14 Å². The summed E-state index contributed by atoms with van der Waals surface area (Å²) >= 11 is 1.15. The molecular weight excluding hydrogens is 260 g/mol. The molecule has 96 valence electrons. The monoisotopic (exact) mass is 276 g/mol. The van der Waals surface area contributed by atoms with Crippen molar-refractivity contribution in [3.05, 3.63) is 15.8 Å². The molecule has 1 aromatic rings. The summed E-state index contributed by atoms with van der Waals surface area (Å²) in [5.41, 5.74) is 0. The molecule has 0 spiro atoms. The van der Waals surface area contributed by atoms with Crippen LogP contribution in [0.1, 0.15) is 27.9 Å². The van der Waals surface area contributed by atoms with Gasteiger partial charge < -0.3 is 4.90 Å². The summed E-state index contributed by atoms with van der Waals surface area (Å²) in [6.07, 6.45) is 0.856. The first kappa shape index (κ1) is 14.1. The normalized spacial score (nSPS) is 11.5. The first-order valence-corrected chi connectivity index (χ1v) is 7.52. The van der Waals surface area contributed by atoms with Crippen LogP contribution in [0.3, 0.4) is 0 Å². The van der Waals surface area contributed by atoms with E-state index in [0.717, 1.165) is 17.8 Å². The molecule has 0 radical (unpaired) electrons. The molecule has 0 bridgehead atoms. The van der Waals surface area contributed by atoms with Gasteiger partial charge in [0.1, 0.15) is 0 Å². The maximum Gasteiger partial charge on any atom is 0.263 e. The fraction of sp³-hybridized carbons (Fsp3) is 0.500. The van der Waals surface area contributed by atoms with E-state index in [9.17, 15) is 13.2 Å². The lowest BCUT2D eigenvalue weighted by Crippen LogP contribution is -2.26. The van der Waals surface area contributed by atoms with Crippen LogP contribution >= 0.6 is 11.3 Å². The average molecular weight is 276 g/mol. The van der Waals surface area contributed by atoms with Crippen LogP contribution in [0.25, 0.3) is 0 Å². The van der Waals surface area contributed by atoms with E-state index in [0.29, 0.717) is 16.3 Å². The third kappa shape index (κ3) is 3.27. The molecule has 0 fully saturated rings. The Labute approximate surface area is 105 Å². The van der Waals surface area contributed by atoms with E-state index >= 15 is 0 Å². The molecule has 0 aliphatic carbocycles. The second-order valence-corrected chi connectivity index (χ2v) is 6.59. The quantitative estimate of drug-likeness (QED) is 0.896. The van der Waals surface area contributed by atoms with Gasteiger partial charge in [0.2, 0.25) is 10.0 Å². The molecule has 2 N–H and O–H groups in total. The third-order valence-corrected chi connectivity index (χ3v) is 4.50. The maximum atomic E-state index is 11.9. The van der Waals surface area contributed by atoms with Crippen molar-refractivity contribution in [3.63, 3.8) is 0 Å². The number of rotatable bonds is 4. The second kappa shape index (κ2) is 5.16. The van der Waals surface area contributed by atoms with E-state index in [1.807, 2.05) is 6.92 Å². The SMILES string of the molecule is CCCN(C)C(=O)c1cc(S(N)(=O)=O)c(C)s1. The lowest BCUT2D eigenvalue weighted by Gasteiger charge is -2.14. The predicted octanol–water partition coefficient (Wildman–Crippen LogP) is 1.19. The number of thiophene rings is 1.